The first-order valence-corrected chi connectivity index (χ1v) is 12.5. The van der Waals surface area contributed by atoms with Crippen LogP contribution in [0.4, 0.5) is 11.8 Å². The van der Waals surface area contributed by atoms with Gasteiger partial charge in [0.1, 0.15) is 5.82 Å². The van der Waals surface area contributed by atoms with Crippen molar-refractivity contribution in [3.8, 4) is 12.3 Å². The van der Waals surface area contributed by atoms with Crippen LogP contribution >= 0.6 is 23.4 Å². The molecule has 1 fully saturated rings. The Balaban J connectivity index is 1.63. The number of terminal acetylenes is 1. The molecule has 2 N–H and O–H groups in total. The Morgan fingerprint density at radius 2 is 2.16 bits per heavy atom. The second kappa shape index (κ2) is 11.8. The van der Waals surface area contributed by atoms with E-state index in [0.717, 1.165) is 71.9 Å². The number of halogens is 1. The van der Waals surface area contributed by atoms with Gasteiger partial charge in [-0.2, -0.15) is 4.98 Å². The third-order valence-electron chi connectivity index (χ3n) is 5.89. The summed E-state index contributed by atoms with van der Waals surface area (Å²) in [5, 5.41) is 14.0. The third kappa shape index (κ3) is 6.65. The lowest BCUT2D eigenvalue weighted by Crippen LogP contribution is -2.35. The molecule has 5 nitrogen and oxygen atoms in total. The van der Waals surface area contributed by atoms with E-state index in [2.05, 4.69) is 36.1 Å². The minimum absolute atomic E-state index is 0.00925. The summed E-state index contributed by atoms with van der Waals surface area (Å²) in [6.45, 7) is 6.21. The van der Waals surface area contributed by atoms with Crippen LogP contribution < -0.4 is 10.2 Å². The number of aliphatic hydroxyl groups is 1. The zero-order chi connectivity index (χ0) is 22.2. The zero-order valence-electron chi connectivity index (χ0n) is 18.5. The van der Waals surface area contributed by atoms with Gasteiger partial charge in [0.15, 0.2) is 0 Å². The fraction of sp³-hybridized carbons (Fsp3) is 0.583. The lowest BCUT2D eigenvalue weighted by atomic mass is 9.93. The highest BCUT2D eigenvalue weighted by molar-refractivity contribution is 7.99. The van der Waals surface area contributed by atoms with Crippen molar-refractivity contribution in [3.05, 3.63) is 29.0 Å². The Hall–Kier alpha value is -1.68. The normalized spacial score (nSPS) is 18.5. The number of allylic oxidation sites excluding steroid dienone is 4. The van der Waals surface area contributed by atoms with Gasteiger partial charge in [-0.15, -0.1) is 24.1 Å². The maximum Gasteiger partial charge on any atom is 0.227 e. The smallest absolute Gasteiger partial charge is 0.227 e. The predicted octanol–water partition coefficient (Wildman–Crippen LogP) is 4.86. The molecular weight excluding hydrogens is 428 g/mol. The number of aromatic nitrogens is 2. The van der Waals surface area contributed by atoms with E-state index in [9.17, 15) is 5.11 Å². The van der Waals surface area contributed by atoms with Gasteiger partial charge >= 0.3 is 0 Å². The molecule has 1 saturated heterocycles. The maximum absolute atomic E-state index is 9.75. The molecule has 1 aromatic rings. The fourth-order valence-corrected chi connectivity index (χ4v) is 5.08. The number of fused-ring (bicyclic) bond motifs is 1. The van der Waals surface area contributed by atoms with Crippen LogP contribution in [0.3, 0.4) is 0 Å². The van der Waals surface area contributed by atoms with Crippen LogP contribution in [0.2, 0.25) is 0 Å². The monoisotopic (exact) mass is 460 g/mol. The minimum atomic E-state index is -0.00925. The van der Waals surface area contributed by atoms with E-state index < -0.39 is 0 Å². The van der Waals surface area contributed by atoms with Gasteiger partial charge in [-0.05, 0) is 37.2 Å². The van der Waals surface area contributed by atoms with Gasteiger partial charge in [-0.1, -0.05) is 37.6 Å². The van der Waals surface area contributed by atoms with Gasteiger partial charge in [0, 0.05) is 36.7 Å². The van der Waals surface area contributed by atoms with Crippen LogP contribution in [0.5, 0.6) is 0 Å². The quantitative estimate of drug-likeness (QED) is 0.405. The van der Waals surface area contributed by atoms with E-state index in [-0.39, 0.29) is 12.6 Å². The molecule has 1 aromatic heterocycles. The lowest BCUT2D eigenvalue weighted by Gasteiger charge is -2.32. The summed E-state index contributed by atoms with van der Waals surface area (Å²) in [6, 6.07) is -0.00925. The van der Waals surface area contributed by atoms with Crippen molar-refractivity contribution >= 4 is 35.1 Å². The van der Waals surface area contributed by atoms with Gasteiger partial charge < -0.3 is 15.3 Å². The Morgan fingerprint density at radius 1 is 1.39 bits per heavy atom. The topological polar surface area (TPSA) is 61.3 Å². The maximum atomic E-state index is 9.75. The van der Waals surface area contributed by atoms with E-state index in [4.69, 9.17) is 28.0 Å². The summed E-state index contributed by atoms with van der Waals surface area (Å²) in [7, 11) is 0. The van der Waals surface area contributed by atoms with E-state index >= 15 is 0 Å². The van der Waals surface area contributed by atoms with Gasteiger partial charge in [0.05, 0.1) is 23.2 Å². The lowest BCUT2D eigenvalue weighted by molar-refractivity contribution is 0.249. The number of nitrogens with one attached hydrogen (secondary N) is 1. The van der Waals surface area contributed by atoms with Gasteiger partial charge in [-0.25, -0.2) is 4.98 Å². The first-order valence-electron chi connectivity index (χ1n) is 11.1. The van der Waals surface area contributed by atoms with Crippen molar-refractivity contribution in [2.24, 2.45) is 11.8 Å². The van der Waals surface area contributed by atoms with Crippen molar-refractivity contribution in [1.82, 2.24) is 9.97 Å². The van der Waals surface area contributed by atoms with Crippen LogP contribution in [0, 0.1) is 24.2 Å². The molecular formula is C24H33ClN4OS. The van der Waals surface area contributed by atoms with E-state index in [1.54, 1.807) is 0 Å². The highest BCUT2D eigenvalue weighted by Crippen LogP contribution is 2.37. The molecule has 0 spiro atoms. The summed E-state index contributed by atoms with van der Waals surface area (Å²) < 4.78 is 0. The van der Waals surface area contributed by atoms with Crippen LogP contribution in [0.15, 0.2) is 28.2 Å². The number of aliphatic hydroxyl groups excluding tert-OH is 1. The summed E-state index contributed by atoms with van der Waals surface area (Å²) in [5.74, 6) is 6.25. The second-order valence-corrected chi connectivity index (χ2v) is 10.0. The van der Waals surface area contributed by atoms with Crippen molar-refractivity contribution < 1.29 is 5.11 Å². The average molecular weight is 461 g/mol. The predicted molar refractivity (Wildman–Crippen MR) is 132 cm³/mol. The van der Waals surface area contributed by atoms with Crippen LogP contribution in [0.1, 0.15) is 45.2 Å². The van der Waals surface area contributed by atoms with E-state index in [1.165, 1.54) is 0 Å². The Bertz CT molecular complexity index is 841. The molecule has 0 bridgehead atoms. The van der Waals surface area contributed by atoms with Gasteiger partial charge in [0.2, 0.25) is 5.95 Å². The number of anilines is 2. The zero-order valence-corrected chi connectivity index (χ0v) is 20.1. The molecule has 0 aromatic carbocycles. The Labute approximate surface area is 195 Å². The van der Waals surface area contributed by atoms with Crippen LogP contribution in [-0.4, -0.2) is 46.6 Å². The standard InChI is InChI=1S/C24H33ClN4OS/c1-4-5-6-7-19(25)9-8-18-10-13-29(14-11-18)24-27-20-12-15-31-22(20)23(28-24)26-21(16-30)17(2)3/h1,6-7,9,17-18,21,30H,5,8,10-16H2,2-3H3,(H,26,27,28)/b7-6-,19-9+. The van der Waals surface area contributed by atoms with Crippen LogP contribution in [-0.2, 0) is 6.42 Å². The molecule has 1 atom stereocenters. The fourth-order valence-electron chi connectivity index (χ4n) is 3.85. The molecule has 7 heteroatoms. The van der Waals surface area contributed by atoms with Crippen LogP contribution in [0.25, 0.3) is 0 Å². The van der Waals surface area contributed by atoms with E-state index in [0.29, 0.717) is 18.3 Å². The summed E-state index contributed by atoms with van der Waals surface area (Å²) in [6.07, 6.45) is 15.9. The average Bonchev–Trinajstić information content (AvgIpc) is 3.25. The summed E-state index contributed by atoms with van der Waals surface area (Å²) >= 11 is 8.06. The molecule has 31 heavy (non-hydrogen) atoms. The minimum Gasteiger partial charge on any atom is -0.394 e. The molecule has 2 aliphatic rings. The van der Waals surface area contributed by atoms with Gasteiger partial charge in [0.25, 0.3) is 0 Å². The number of piperidine rings is 1. The number of aryl methyl sites for hydroxylation is 1. The number of thioether (sulfide) groups is 1. The number of hydrogen-bond donors (Lipinski definition) is 2. The van der Waals surface area contributed by atoms with Crippen molar-refractivity contribution in [2.75, 3.05) is 35.7 Å². The third-order valence-corrected chi connectivity index (χ3v) is 7.30. The highest BCUT2D eigenvalue weighted by atomic mass is 35.5. The van der Waals surface area contributed by atoms with Crippen molar-refractivity contribution in [1.29, 1.82) is 0 Å². The SMILES string of the molecule is C#CC/C=C\C(Cl)=C/CC1CCN(c2nc3c(c(NC(CO)C(C)C)n2)SCC3)CC1. The van der Waals surface area contributed by atoms with Crippen molar-refractivity contribution in [3.63, 3.8) is 0 Å². The molecule has 2 aliphatic heterocycles. The molecule has 3 rings (SSSR count). The summed E-state index contributed by atoms with van der Waals surface area (Å²) in [4.78, 5) is 13.2. The number of rotatable bonds is 9. The molecule has 3 heterocycles. The van der Waals surface area contributed by atoms with E-state index in [1.807, 2.05) is 23.9 Å². The Kier molecular flexibility index (Phi) is 9.13. The summed E-state index contributed by atoms with van der Waals surface area (Å²) in [5.41, 5.74) is 1.13. The molecule has 1 unspecified atom stereocenters. The van der Waals surface area contributed by atoms with Crippen molar-refractivity contribution in [2.45, 2.75) is 56.9 Å². The highest BCUT2D eigenvalue weighted by Gasteiger charge is 2.26. The Morgan fingerprint density at radius 3 is 2.84 bits per heavy atom. The van der Waals surface area contributed by atoms with Gasteiger partial charge in [-0.3, -0.25) is 0 Å². The molecule has 0 aliphatic carbocycles. The second-order valence-electron chi connectivity index (χ2n) is 8.49. The molecule has 0 amide bonds. The molecule has 0 radical (unpaired) electrons. The number of nitrogens with zero attached hydrogens (tertiary/aromatic N) is 3. The first-order chi connectivity index (χ1) is 15.0. The molecule has 0 saturated carbocycles. The largest absolute Gasteiger partial charge is 0.394 e. The number of hydrogen-bond acceptors (Lipinski definition) is 6. The first kappa shape index (κ1) is 24.0. The molecule has 168 valence electrons.